The maximum absolute atomic E-state index is 12.8. The van der Waals surface area contributed by atoms with Crippen molar-refractivity contribution in [2.24, 2.45) is 0 Å². The second-order valence-corrected chi connectivity index (χ2v) is 13.5. The molecule has 0 aliphatic heterocycles. The van der Waals surface area contributed by atoms with E-state index in [0.29, 0.717) is 35.7 Å². The van der Waals surface area contributed by atoms with Gasteiger partial charge in [0.2, 0.25) is 11.8 Å². The van der Waals surface area contributed by atoms with Gasteiger partial charge in [0.05, 0.1) is 55.7 Å². The maximum Gasteiger partial charge on any atom is 0.416 e. The van der Waals surface area contributed by atoms with Crippen molar-refractivity contribution in [2.45, 2.75) is 52.9 Å². The molecule has 0 aliphatic carbocycles. The Morgan fingerprint density at radius 1 is 0.678 bits per heavy atom. The first-order valence-corrected chi connectivity index (χ1v) is 18.4. The monoisotopic (exact) mass is 920 g/mol. The van der Waals surface area contributed by atoms with Crippen LogP contribution < -0.4 is 14.8 Å². The van der Waals surface area contributed by atoms with Crippen LogP contribution in [0.4, 0.5) is 35.9 Å². The Labute approximate surface area is 352 Å². The normalized spacial score (nSPS) is 11.3. The van der Waals surface area contributed by atoms with Gasteiger partial charge in [0.1, 0.15) is 13.2 Å². The van der Waals surface area contributed by atoms with E-state index in [0.717, 1.165) is 9.36 Å². The minimum Gasteiger partial charge on any atom is -0.464 e. The predicted octanol–water partition coefficient (Wildman–Crippen LogP) is 9.98. The quantitative estimate of drug-likeness (QED) is 0.0825. The molecule has 0 atom stereocenters. The van der Waals surface area contributed by atoms with Gasteiger partial charge in [-0.1, -0.05) is 60.3 Å². The van der Waals surface area contributed by atoms with E-state index in [9.17, 15) is 45.5 Å². The number of aryl methyl sites for hydroxylation is 2. The number of alkyl halides is 6. The fourth-order valence-electron chi connectivity index (χ4n) is 4.40. The molecule has 0 bridgehead atoms. The number of nitrogens with one attached hydrogen (secondary N) is 1. The molecule has 2 aromatic carbocycles. The summed E-state index contributed by atoms with van der Waals surface area (Å²) in [5.74, 6) is -1.41. The van der Waals surface area contributed by atoms with Crippen LogP contribution >= 0.6 is 46.4 Å². The first-order valence-electron chi connectivity index (χ1n) is 16.9. The molecule has 1 N–H and O–H groups in total. The van der Waals surface area contributed by atoms with Crippen molar-refractivity contribution in [1.82, 2.24) is 29.8 Å². The molecular weight excluding hydrogens is 888 g/mol. The number of ether oxygens (including phenoxy) is 4. The fourth-order valence-corrected chi connectivity index (χ4v) is 5.53. The minimum atomic E-state index is -4.62. The highest BCUT2D eigenvalue weighted by atomic mass is 35.5. The number of hydrogen-bond donors (Lipinski definition) is 1. The molecule has 4 rings (SSSR count). The number of benzene rings is 2. The molecule has 2 aromatic heterocycles. The van der Waals surface area contributed by atoms with E-state index in [4.69, 9.17) is 65.4 Å². The van der Waals surface area contributed by atoms with Crippen molar-refractivity contribution in [3.63, 3.8) is 0 Å². The third-order valence-electron chi connectivity index (χ3n) is 7.40. The molecule has 0 spiro atoms. The number of hydrogen-bond acceptors (Lipinski definition) is 10. The van der Waals surface area contributed by atoms with Crippen molar-refractivity contribution in [3.05, 3.63) is 79.0 Å². The molecule has 14 nitrogen and oxygen atoms in total. The number of carbonyl (C=O) groups excluding carboxylic acids is 4. The van der Waals surface area contributed by atoms with Crippen LogP contribution in [0.15, 0.2) is 36.4 Å². The van der Waals surface area contributed by atoms with Crippen LogP contribution in [-0.2, 0) is 31.4 Å². The minimum absolute atomic E-state index is 0.00113. The zero-order chi connectivity index (χ0) is 44.4. The van der Waals surface area contributed by atoms with Gasteiger partial charge in [-0.05, 0) is 38.1 Å². The molecule has 59 heavy (non-hydrogen) atoms. The lowest BCUT2D eigenvalue weighted by atomic mass is 10.2. The van der Waals surface area contributed by atoms with Gasteiger partial charge in [-0.15, -0.1) is 10.2 Å². The third kappa shape index (κ3) is 13.8. The van der Waals surface area contributed by atoms with E-state index in [1.54, 1.807) is 27.7 Å². The third-order valence-corrected chi connectivity index (χ3v) is 8.53. The molecule has 2 heterocycles. The molecule has 0 unspecified atom stereocenters. The Balaban J connectivity index is 0.000000316. The summed E-state index contributed by atoms with van der Waals surface area (Å²) in [6, 6.07) is 4.35. The summed E-state index contributed by atoms with van der Waals surface area (Å²) in [6.07, 6.45) is -8.78. The van der Waals surface area contributed by atoms with Crippen LogP contribution in [0.5, 0.6) is 23.3 Å². The van der Waals surface area contributed by atoms with Gasteiger partial charge in [-0.3, -0.25) is 9.59 Å². The number of aromatic nitrogens is 4. The molecule has 24 heteroatoms. The summed E-state index contributed by atoms with van der Waals surface area (Å²) in [5, 5.41) is 8.97. The summed E-state index contributed by atoms with van der Waals surface area (Å²) in [4.78, 5) is 48.1. The lowest BCUT2D eigenvalue weighted by molar-refractivity contribution is -0.144. The van der Waals surface area contributed by atoms with Crippen LogP contribution in [0.3, 0.4) is 0 Å². The van der Waals surface area contributed by atoms with E-state index in [2.05, 4.69) is 15.5 Å². The Kier molecular flexibility index (Phi) is 17.1. The lowest BCUT2D eigenvalue weighted by Crippen LogP contribution is -2.35. The van der Waals surface area contributed by atoms with Gasteiger partial charge in [-0.25, -0.2) is 9.59 Å². The number of likely N-dealkylation sites (N-methyl/N-ethyl adjacent to an activating group) is 1. The first kappa shape index (κ1) is 48.4. The maximum atomic E-state index is 12.8. The smallest absolute Gasteiger partial charge is 0.416 e. The molecule has 0 aliphatic rings. The van der Waals surface area contributed by atoms with Gasteiger partial charge in [-0.2, -0.15) is 35.7 Å². The molecular formula is C35H34Cl4F6N6O8. The van der Waals surface area contributed by atoms with E-state index in [-0.39, 0.29) is 88.5 Å². The molecule has 0 fully saturated rings. The SMILES string of the molecule is CCC(=O)OCCN(C)C(=O)n1nc(Oc2c(Cl)cc(C(F)(F)F)cc2Cl)cc1C.CCC(=O)OCCNC(=O)n1nc(Oc2c(Cl)cc(C(F)(F)F)cc2Cl)cc1C. The van der Waals surface area contributed by atoms with Crippen LogP contribution in [0.1, 0.15) is 49.2 Å². The Morgan fingerprint density at radius 2 is 1.07 bits per heavy atom. The van der Waals surface area contributed by atoms with Gasteiger partial charge in [0, 0.05) is 32.0 Å². The highest BCUT2D eigenvalue weighted by molar-refractivity contribution is 6.38. The zero-order valence-corrected chi connectivity index (χ0v) is 34.5. The molecule has 4 aromatic rings. The van der Waals surface area contributed by atoms with Crippen molar-refractivity contribution in [3.8, 4) is 23.3 Å². The lowest BCUT2D eigenvalue weighted by Gasteiger charge is -2.17. The Hall–Kier alpha value is -4.92. The molecule has 0 radical (unpaired) electrons. The topological polar surface area (TPSA) is 156 Å². The second kappa shape index (κ2) is 20.9. The Morgan fingerprint density at radius 3 is 1.47 bits per heavy atom. The number of carbonyl (C=O) groups is 4. The van der Waals surface area contributed by atoms with Crippen LogP contribution in [0, 0.1) is 13.8 Å². The van der Waals surface area contributed by atoms with Crippen molar-refractivity contribution in [2.75, 3.05) is 33.4 Å². The molecule has 322 valence electrons. The predicted molar refractivity (Wildman–Crippen MR) is 202 cm³/mol. The Bertz CT molecular complexity index is 2120. The standard InChI is InChI=1S/C18H18Cl2F3N3O4.C17H16Cl2F3N3O4/c1-4-15(27)29-6-5-25(3)17(28)26-10(2)7-14(24-26)30-16-12(19)8-11(9-13(16)20)18(21,22)23;1-3-14(26)28-5-4-23-16(27)25-9(2)6-13(24-25)29-15-11(18)7-10(8-12(15)19)17(20,21)22/h7-9H,4-6H2,1-3H3;6-8H,3-5H2,1-2H3,(H,23,27). The number of rotatable bonds is 12. The van der Waals surface area contributed by atoms with E-state index in [1.165, 1.54) is 24.1 Å². The number of nitrogens with zero attached hydrogens (tertiary/aromatic N) is 5. The van der Waals surface area contributed by atoms with Crippen molar-refractivity contribution >= 4 is 70.4 Å². The summed E-state index contributed by atoms with van der Waals surface area (Å²) in [6.45, 7) is 6.67. The molecule has 0 saturated heterocycles. The summed E-state index contributed by atoms with van der Waals surface area (Å²) >= 11 is 23.5. The first-order chi connectivity index (χ1) is 27.5. The largest absolute Gasteiger partial charge is 0.464 e. The molecule has 0 saturated carbocycles. The number of halogens is 10. The van der Waals surface area contributed by atoms with Crippen molar-refractivity contribution in [1.29, 1.82) is 0 Å². The van der Waals surface area contributed by atoms with Crippen LogP contribution in [-0.4, -0.2) is 81.8 Å². The summed E-state index contributed by atoms with van der Waals surface area (Å²) < 4.78 is 99.5. The highest BCUT2D eigenvalue weighted by Gasteiger charge is 2.34. The average Bonchev–Trinajstić information content (AvgIpc) is 3.72. The van der Waals surface area contributed by atoms with Gasteiger partial charge < -0.3 is 29.2 Å². The van der Waals surface area contributed by atoms with Gasteiger partial charge >= 0.3 is 36.4 Å². The zero-order valence-electron chi connectivity index (χ0n) is 31.5. The van der Waals surface area contributed by atoms with Crippen LogP contribution in [0.2, 0.25) is 20.1 Å². The number of esters is 2. The highest BCUT2D eigenvalue weighted by Crippen LogP contribution is 2.43. The summed E-state index contributed by atoms with van der Waals surface area (Å²) in [7, 11) is 1.49. The van der Waals surface area contributed by atoms with E-state index < -0.39 is 41.5 Å². The number of amides is 2. The molecule has 2 amide bonds. The van der Waals surface area contributed by atoms with Crippen molar-refractivity contribution < 1.29 is 64.5 Å². The van der Waals surface area contributed by atoms with Crippen LogP contribution in [0.25, 0.3) is 0 Å². The average molecular weight is 922 g/mol. The van der Waals surface area contributed by atoms with Gasteiger partial charge in [0.25, 0.3) is 0 Å². The second-order valence-electron chi connectivity index (χ2n) is 11.9. The van der Waals surface area contributed by atoms with Gasteiger partial charge in [0.15, 0.2) is 11.5 Å². The fraction of sp³-hybridized carbons (Fsp3) is 0.371. The van der Waals surface area contributed by atoms with E-state index in [1.807, 2.05) is 0 Å². The van der Waals surface area contributed by atoms with E-state index >= 15 is 0 Å². The summed E-state index contributed by atoms with van der Waals surface area (Å²) in [5.41, 5.74) is -1.27.